The Labute approximate surface area is 184 Å². The lowest BCUT2D eigenvalue weighted by molar-refractivity contribution is 0.0533. The highest BCUT2D eigenvalue weighted by Gasteiger charge is 2.24. The van der Waals surface area contributed by atoms with Gasteiger partial charge < -0.3 is 24.8 Å². The number of benzene rings is 2. The third-order valence-corrected chi connectivity index (χ3v) is 5.69. The Morgan fingerprint density at radius 2 is 1.57 bits per heavy atom. The van der Waals surface area contributed by atoms with Crippen molar-refractivity contribution in [3.05, 3.63) is 57.2 Å². The van der Waals surface area contributed by atoms with E-state index >= 15 is 0 Å². The summed E-state index contributed by atoms with van der Waals surface area (Å²) in [6.45, 7) is 4.17. The molecule has 0 aliphatic heterocycles. The lowest BCUT2D eigenvalue weighted by Gasteiger charge is -2.27. The fourth-order valence-corrected chi connectivity index (χ4v) is 3.38. The van der Waals surface area contributed by atoms with Gasteiger partial charge in [-0.25, -0.2) is 0 Å². The minimum atomic E-state index is -0.891. The van der Waals surface area contributed by atoms with Crippen LogP contribution in [0.25, 0.3) is 0 Å². The third-order valence-electron chi connectivity index (χ3n) is 4.49. The van der Waals surface area contributed by atoms with Crippen LogP contribution in [-0.2, 0) is 5.41 Å². The molecule has 0 spiro atoms. The number of alkyl halides is 1. The molecule has 2 atom stereocenters. The van der Waals surface area contributed by atoms with Gasteiger partial charge in [-0.2, -0.15) is 0 Å². The molecule has 0 amide bonds. The van der Waals surface area contributed by atoms with E-state index in [-0.39, 0.29) is 31.1 Å². The molecular formula is C21H26ClIO5. The van der Waals surface area contributed by atoms with Crippen LogP contribution in [0, 0.1) is 3.57 Å². The number of aliphatic hydroxyl groups is 3. The molecule has 0 aliphatic carbocycles. The highest BCUT2D eigenvalue weighted by Crippen LogP contribution is 2.35. The van der Waals surface area contributed by atoms with Gasteiger partial charge in [-0.3, -0.25) is 0 Å². The molecular weight excluding hydrogens is 495 g/mol. The van der Waals surface area contributed by atoms with Gasteiger partial charge in [-0.1, -0.05) is 32.0 Å². The quantitative estimate of drug-likeness (QED) is 0.331. The van der Waals surface area contributed by atoms with Crippen molar-refractivity contribution in [2.24, 2.45) is 0 Å². The molecule has 154 valence electrons. The van der Waals surface area contributed by atoms with Gasteiger partial charge in [0.15, 0.2) is 0 Å². The standard InChI is InChI=1S/C21H26ClIO5/c1-21(2,14-3-6-18(7-4-14)27-12-16(25)10-22)15-5-8-20(19(23)9-15)28-13-17(26)11-24/h3-9,16-17,24-26H,10-13H2,1-2H3. The van der Waals surface area contributed by atoms with E-state index in [0.29, 0.717) is 11.5 Å². The van der Waals surface area contributed by atoms with E-state index in [1.807, 2.05) is 36.4 Å². The van der Waals surface area contributed by atoms with E-state index in [2.05, 4.69) is 42.5 Å². The van der Waals surface area contributed by atoms with Gasteiger partial charge in [0.05, 0.1) is 16.1 Å². The number of halogens is 2. The summed E-state index contributed by atoms with van der Waals surface area (Å²) in [7, 11) is 0. The number of ether oxygens (including phenoxy) is 2. The molecule has 0 fully saturated rings. The highest BCUT2D eigenvalue weighted by atomic mass is 127. The summed E-state index contributed by atoms with van der Waals surface area (Å²) in [4.78, 5) is 0. The number of hydrogen-bond donors (Lipinski definition) is 3. The summed E-state index contributed by atoms with van der Waals surface area (Å²) in [6.07, 6.45) is -1.57. The highest BCUT2D eigenvalue weighted by molar-refractivity contribution is 14.1. The second-order valence-electron chi connectivity index (χ2n) is 7.06. The van der Waals surface area contributed by atoms with Crippen LogP contribution < -0.4 is 9.47 Å². The predicted octanol–water partition coefficient (Wildman–Crippen LogP) is 3.33. The Balaban J connectivity index is 2.11. The molecule has 0 saturated carbocycles. The molecule has 2 unspecified atom stereocenters. The van der Waals surface area contributed by atoms with E-state index in [9.17, 15) is 10.2 Å². The molecule has 0 radical (unpaired) electrons. The molecule has 0 saturated heterocycles. The maximum atomic E-state index is 9.49. The molecule has 0 heterocycles. The summed E-state index contributed by atoms with van der Waals surface area (Å²) in [5.41, 5.74) is 2.01. The zero-order chi connectivity index (χ0) is 20.7. The fraction of sp³-hybridized carbons (Fsp3) is 0.429. The minimum absolute atomic E-state index is 0.0507. The van der Waals surface area contributed by atoms with Crippen molar-refractivity contribution in [1.82, 2.24) is 0 Å². The van der Waals surface area contributed by atoms with Crippen molar-refractivity contribution in [3.63, 3.8) is 0 Å². The van der Waals surface area contributed by atoms with Crippen LogP contribution in [-0.4, -0.2) is 53.2 Å². The monoisotopic (exact) mass is 520 g/mol. The first-order valence-corrected chi connectivity index (χ1v) is 10.6. The van der Waals surface area contributed by atoms with Gasteiger partial charge in [0.1, 0.15) is 36.9 Å². The fourth-order valence-electron chi connectivity index (χ4n) is 2.62. The number of rotatable bonds is 10. The average molecular weight is 521 g/mol. The average Bonchev–Trinajstić information content (AvgIpc) is 2.70. The maximum Gasteiger partial charge on any atom is 0.132 e. The van der Waals surface area contributed by atoms with Gasteiger partial charge >= 0.3 is 0 Å². The van der Waals surface area contributed by atoms with Gasteiger partial charge in [-0.15, -0.1) is 11.6 Å². The van der Waals surface area contributed by atoms with Crippen LogP contribution >= 0.6 is 34.2 Å². The van der Waals surface area contributed by atoms with Crippen molar-refractivity contribution in [1.29, 1.82) is 0 Å². The molecule has 3 N–H and O–H groups in total. The first-order valence-electron chi connectivity index (χ1n) is 8.97. The van der Waals surface area contributed by atoms with Crippen molar-refractivity contribution in [2.45, 2.75) is 31.5 Å². The molecule has 0 aromatic heterocycles. The lowest BCUT2D eigenvalue weighted by atomic mass is 9.78. The number of aliphatic hydroxyl groups excluding tert-OH is 3. The summed E-state index contributed by atoms with van der Waals surface area (Å²) in [5.74, 6) is 1.50. The van der Waals surface area contributed by atoms with E-state index < -0.39 is 12.2 Å². The van der Waals surface area contributed by atoms with Crippen LogP contribution in [0.2, 0.25) is 0 Å². The molecule has 7 heteroatoms. The predicted molar refractivity (Wildman–Crippen MR) is 119 cm³/mol. The molecule has 2 aromatic carbocycles. The van der Waals surface area contributed by atoms with Crippen LogP contribution in [0.3, 0.4) is 0 Å². The summed E-state index contributed by atoms with van der Waals surface area (Å²) < 4.78 is 12.0. The molecule has 5 nitrogen and oxygen atoms in total. The van der Waals surface area contributed by atoms with Crippen LogP contribution in [0.15, 0.2) is 42.5 Å². The first-order chi connectivity index (χ1) is 13.3. The molecule has 0 bridgehead atoms. The lowest BCUT2D eigenvalue weighted by Crippen LogP contribution is -2.22. The second kappa shape index (κ2) is 10.6. The molecule has 28 heavy (non-hydrogen) atoms. The first kappa shape index (κ1) is 23.2. The SMILES string of the molecule is CC(C)(c1ccc(OCC(O)CCl)cc1)c1ccc(OCC(O)CO)c(I)c1. The normalized spacial score (nSPS) is 13.8. The Bertz CT molecular complexity index is 751. The summed E-state index contributed by atoms with van der Waals surface area (Å²) in [5, 5.41) is 27.8. The smallest absolute Gasteiger partial charge is 0.132 e. The Morgan fingerprint density at radius 1 is 0.964 bits per heavy atom. The largest absolute Gasteiger partial charge is 0.491 e. The summed E-state index contributed by atoms with van der Waals surface area (Å²) >= 11 is 7.78. The molecule has 2 rings (SSSR count). The van der Waals surface area contributed by atoms with Gasteiger partial charge in [0.2, 0.25) is 0 Å². The second-order valence-corrected chi connectivity index (χ2v) is 8.53. The van der Waals surface area contributed by atoms with Gasteiger partial charge in [0.25, 0.3) is 0 Å². The third kappa shape index (κ3) is 6.22. The van der Waals surface area contributed by atoms with Crippen LogP contribution in [0.4, 0.5) is 0 Å². The van der Waals surface area contributed by atoms with Gasteiger partial charge in [-0.05, 0) is 58.0 Å². The number of hydrogen-bond acceptors (Lipinski definition) is 5. The molecule has 0 aliphatic rings. The zero-order valence-corrected chi connectivity index (χ0v) is 18.9. The van der Waals surface area contributed by atoms with E-state index in [1.54, 1.807) is 0 Å². The minimum Gasteiger partial charge on any atom is -0.491 e. The Hall–Kier alpha value is -1.06. The van der Waals surface area contributed by atoms with Gasteiger partial charge in [0, 0.05) is 5.41 Å². The van der Waals surface area contributed by atoms with Crippen molar-refractivity contribution in [2.75, 3.05) is 25.7 Å². The van der Waals surface area contributed by atoms with E-state index in [1.165, 1.54) is 0 Å². The van der Waals surface area contributed by atoms with Crippen molar-refractivity contribution < 1.29 is 24.8 Å². The van der Waals surface area contributed by atoms with E-state index in [4.69, 9.17) is 26.2 Å². The van der Waals surface area contributed by atoms with Crippen LogP contribution in [0.5, 0.6) is 11.5 Å². The van der Waals surface area contributed by atoms with Crippen molar-refractivity contribution >= 4 is 34.2 Å². The zero-order valence-electron chi connectivity index (χ0n) is 15.9. The maximum absolute atomic E-state index is 9.49. The van der Waals surface area contributed by atoms with Crippen LogP contribution in [0.1, 0.15) is 25.0 Å². The summed E-state index contributed by atoms with van der Waals surface area (Å²) in [6, 6.07) is 13.7. The Kier molecular flexibility index (Phi) is 8.82. The topological polar surface area (TPSA) is 79.2 Å². The van der Waals surface area contributed by atoms with E-state index in [0.717, 1.165) is 14.7 Å². The van der Waals surface area contributed by atoms with Crippen molar-refractivity contribution in [3.8, 4) is 11.5 Å². The Morgan fingerprint density at radius 3 is 2.14 bits per heavy atom. The molecule has 2 aromatic rings.